The number of carboxylic acids is 1. The Morgan fingerprint density at radius 2 is 1.41 bits per heavy atom. The highest BCUT2D eigenvalue weighted by molar-refractivity contribution is 8.14. The van der Waals surface area contributed by atoms with Gasteiger partial charge in [-0.1, -0.05) is 96.7 Å². The van der Waals surface area contributed by atoms with Crippen molar-refractivity contribution < 1.29 is 48.9 Å². The number of phenols is 1. The molecular weight excluding hydrogens is 1530 g/mol. The van der Waals surface area contributed by atoms with E-state index in [-0.39, 0.29) is 58.3 Å². The van der Waals surface area contributed by atoms with Gasteiger partial charge >= 0.3 is 17.6 Å². The van der Waals surface area contributed by atoms with Gasteiger partial charge in [0.2, 0.25) is 5.88 Å². The lowest BCUT2D eigenvalue weighted by Crippen LogP contribution is -2.42. The number of pyridine rings is 1. The molecule has 4 unspecified atom stereocenters. The van der Waals surface area contributed by atoms with Crippen LogP contribution in [-0.4, -0.2) is 150 Å². The number of aliphatic imine (C=N–C) groups is 2. The minimum absolute atomic E-state index is 0.0128. The van der Waals surface area contributed by atoms with Crippen LogP contribution in [0.4, 0.5) is 23.0 Å². The summed E-state index contributed by atoms with van der Waals surface area (Å²) in [6.45, 7) is 27.7. The largest absolute Gasteiger partial charge is 0.507 e. The van der Waals surface area contributed by atoms with E-state index in [4.69, 9.17) is 14.6 Å². The molecule has 6 aromatic carbocycles. The molecule has 0 radical (unpaired) electrons. The van der Waals surface area contributed by atoms with Gasteiger partial charge in [-0.05, 0) is 213 Å². The number of carboxylic acid groups (broad SMARTS) is 1. The first-order valence-corrected chi connectivity index (χ1v) is 40.4. The number of aromatic hydroxyl groups is 2. The molecule has 3 aliphatic heterocycles. The normalized spacial score (nSPS) is 15.0. The number of amidine groups is 1. The quantitative estimate of drug-likeness (QED) is 0.0219. The fourth-order valence-electron chi connectivity index (χ4n) is 13.3. The Hall–Kier alpha value is -13.4. The molecule has 0 saturated heterocycles. The zero-order chi connectivity index (χ0) is 85.7. The minimum Gasteiger partial charge on any atom is -0.507 e. The summed E-state index contributed by atoms with van der Waals surface area (Å²) in [4.78, 5) is 114. The molecule has 30 heteroatoms. The molecular formula is C89H103N17O12S. The van der Waals surface area contributed by atoms with Gasteiger partial charge in [0.25, 0.3) is 29.6 Å². The second-order valence-electron chi connectivity index (χ2n) is 28.6. The summed E-state index contributed by atoms with van der Waals surface area (Å²) >= 11 is 1.54. The predicted molar refractivity (Wildman–Crippen MR) is 468 cm³/mol. The first kappa shape index (κ1) is 88.0. The van der Waals surface area contributed by atoms with Crippen molar-refractivity contribution in [2.24, 2.45) is 30.0 Å². The van der Waals surface area contributed by atoms with Crippen LogP contribution in [0.5, 0.6) is 11.6 Å². The SMILES string of the molecule is CCC(=NCc1ccc(C)cc1)c1c(O)n(C)c(=O)n(C)c1=O.CCCNc1nc2cc(C)c(C)cc2cc1C.CCN(CC)C(=O)c1ccc2c(c1)C1C=CCC1C(C(=O)O)N2.CCOC(=O)c1ccc(NC2Nc3cc(C)nn3O2)cc1.Cc1ccc(C)n1NC(=O)c1ccccc1O.O=C(NC1=NCCS1)c1cnc2ccccc2n1. The molecule has 0 bridgehead atoms. The zero-order valence-electron chi connectivity index (χ0n) is 69.4. The van der Waals surface area contributed by atoms with Crippen LogP contribution >= 0.6 is 11.8 Å². The topological polar surface area (TPSA) is 370 Å². The first-order chi connectivity index (χ1) is 57.1. The number of carbonyl (C=O) groups excluding carboxylic acids is 4. The monoisotopic (exact) mass is 1630 g/mol. The second-order valence-corrected chi connectivity index (χ2v) is 29.7. The summed E-state index contributed by atoms with van der Waals surface area (Å²) in [6.07, 6.45) is 7.55. The molecule has 4 aliphatic rings. The van der Waals surface area contributed by atoms with Gasteiger partial charge < -0.3 is 51.1 Å². The molecule has 15 rings (SSSR count). The van der Waals surface area contributed by atoms with Gasteiger partial charge in [-0.15, -0.1) is 5.10 Å². The highest BCUT2D eigenvalue weighted by Crippen LogP contribution is 2.45. The van der Waals surface area contributed by atoms with E-state index in [1.54, 1.807) is 65.0 Å². The number of hydrogen-bond donors (Lipinski definition) is 9. The number of anilines is 4. The number of aliphatic carboxylic acids is 1. The molecule has 11 aromatic rings. The summed E-state index contributed by atoms with van der Waals surface area (Å²) < 4.78 is 8.65. The number of aryl methyl sites for hydroxylation is 7. The Morgan fingerprint density at radius 1 is 0.731 bits per heavy atom. The van der Waals surface area contributed by atoms with Gasteiger partial charge in [0.05, 0.1) is 65.0 Å². The number of ether oxygens (including phenoxy) is 1. The maximum atomic E-state index is 12.6. The number of thioether (sulfide) groups is 1. The van der Waals surface area contributed by atoms with Crippen LogP contribution in [0.15, 0.2) is 190 Å². The van der Waals surface area contributed by atoms with Crippen LogP contribution in [0.25, 0.3) is 21.9 Å². The Morgan fingerprint density at radius 3 is 2.07 bits per heavy atom. The van der Waals surface area contributed by atoms with E-state index in [1.165, 1.54) is 65.0 Å². The van der Waals surface area contributed by atoms with Crippen LogP contribution in [0, 0.1) is 54.4 Å². The highest BCUT2D eigenvalue weighted by Gasteiger charge is 2.41. The Bertz CT molecular complexity index is 5670. The number of hydrogen-bond acceptors (Lipinski definition) is 22. The minimum atomic E-state index is -0.822. The summed E-state index contributed by atoms with van der Waals surface area (Å²) in [7, 11) is 2.81. The van der Waals surface area contributed by atoms with E-state index in [0.29, 0.717) is 65.9 Å². The number of carbonyl (C=O) groups is 5. The summed E-state index contributed by atoms with van der Waals surface area (Å²) in [5, 5.41) is 50.8. The van der Waals surface area contributed by atoms with Gasteiger partial charge in [0, 0.05) is 91.1 Å². The zero-order valence-corrected chi connectivity index (χ0v) is 70.2. The molecule has 0 saturated carbocycles. The van der Waals surface area contributed by atoms with Gasteiger partial charge in [0.15, 0.2) is 11.0 Å². The molecule has 5 aromatic heterocycles. The van der Waals surface area contributed by atoms with Gasteiger partial charge in [-0.3, -0.25) is 58.7 Å². The number of phenolic OH excluding ortho intramolecular Hbond substituents is 1. The molecule has 0 spiro atoms. The Balaban J connectivity index is 0.000000151. The van der Waals surface area contributed by atoms with E-state index in [1.807, 2.05) is 133 Å². The molecule has 9 N–H and O–H groups in total. The van der Waals surface area contributed by atoms with E-state index in [9.17, 15) is 48.9 Å². The van der Waals surface area contributed by atoms with Crippen LogP contribution in [0.1, 0.15) is 157 Å². The summed E-state index contributed by atoms with van der Waals surface area (Å²) in [6, 6.07) is 46.2. The second kappa shape index (κ2) is 41.0. The highest BCUT2D eigenvalue weighted by atomic mass is 32.2. The maximum absolute atomic E-state index is 12.6. The molecule has 0 fully saturated rings. The first-order valence-electron chi connectivity index (χ1n) is 39.4. The Kier molecular flexibility index (Phi) is 30.3. The van der Waals surface area contributed by atoms with Crippen LogP contribution in [0.2, 0.25) is 0 Å². The number of fused-ring (bicyclic) bond motifs is 6. The number of rotatable bonds is 18. The molecule has 8 heterocycles. The number of benzene rings is 6. The van der Waals surface area contributed by atoms with E-state index < -0.39 is 29.6 Å². The van der Waals surface area contributed by atoms with Gasteiger partial charge in [-0.25, -0.2) is 24.4 Å². The van der Waals surface area contributed by atoms with Gasteiger partial charge in [0.1, 0.15) is 28.9 Å². The van der Waals surface area contributed by atoms with Crippen molar-refractivity contribution in [1.29, 1.82) is 0 Å². The van der Waals surface area contributed by atoms with Crippen molar-refractivity contribution in [2.45, 2.75) is 127 Å². The number of para-hydroxylation sites is 3. The average Bonchev–Trinajstić information content (AvgIpc) is 1.70. The van der Waals surface area contributed by atoms with Crippen molar-refractivity contribution >= 4 is 97.2 Å². The Labute approximate surface area is 694 Å². The van der Waals surface area contributed by atoms with E-state index >= 15 is 0 Å². The standard InChI is InChI=1S/C18H22N2O3.C17H21N3O3.C15H20N2.C14H16N4O3.C13H14N2O2.C12H10N4OS/c1-3-20(4-2)17(21)11-8-9-15-14(10-11)12-6-5-7-13(12)16(19-15)18(22)23;1-5-13(18-10-12-8-6-11(2)7-9-12)14-15(21)19(3)17(23)20(4)16(14)22;1-5-6-16-15-12(4)8-13-7-10(2)11(3)9-14(13)17-15;1-3-20-13(19)10-4-6-11(7-5-10)15-14-16-12-8-9(2)17-18(12)21-14;1-9-7-8-10(2)15(9)14-13(17)11-5-3-4-6-12(11)16;17-11(16-12-13-5-6-18-12)10-7-14-8-3-1-2-4-9(8)15-10/h5-6,8-10,12-13,16,19H,3-4,7H2,1-2H3,(H,22,23);6-9,21H,5,10H2,1-4H3;7-9H,5-6H2,1-4H3,(H,16,17);4-8,14-16H,3H2,1-2H3;3-8,16H,1-2H3,(H,14,17);1-4,7H,5-6H2,(H,13,16,17). The lowest BCUT2D eigenvalue weighted by molar-refractivity contribution is -0.139. The van der Waals surface area contributed by atoms with E-state index in [2.05, 4.69) is 109 Å². The van der Waals surface area contributed by atoms with Crippen molar-refractivity contribution in [3.8, 4) is 11.6 Å². The fourth-order valence-corrected chi connectivity index (χ4v) is 14.0. The van der Waals surface area contributed by atoms with Crippen LogP contribution in [-0.2, 0) is 30.2 Å². The molecule has 1 aliphatic carbocycles. The molecule has 4 atom stereocenters. The molecule has 119 heavy (non-hydrogen) atoms. The number of nitrogens with one attached hydrogen (secondary N) is 6. The summed E-state index contributed by atoms with van der Waals surface area (Å²) in [5.41, 5.74) is 18.0. The van der Waals surface area contributed by atoms with Gasteiger partial charge in [-0.2, -0.15) is 0 Å². The number of aromatic nitrogens is 8. The fraction of sp³-hybridized carbons (Fsp3) is 0.315. The molecule has 29 nitrogen and oxygen atoms in total. The lowest BCUT2D eigenvalue weighted by Gasteiger charge is -2.35. The number of esters is 1. The smallest absolute Gasteiger partial charge is 0.338 e. The van der Waals surface area contributed by atoms with Crippen LogP contribution in [0.3, 0.4) is 0 Å². The maximum Gasteiger partial charge on any atom is 0.338 e. The number of allylic oxidation sites excluding steroid dienone is 2. The van der Waals surface area contributed by atoms with Crippen LogP contribution < -0.4 is 48.1 Å². The number of nitrogens with zero attached hydrogens (tertiary/aromatic N) is 11. The third-order valence-corrected chi connectivity index (χ3v) is 20.9. The van der Waals surface area contributed by atoms with Crippen molar-refractivity contribution in [1.82, 2.24) is 48.9 Å². The molecule has 622 valence electrons. The van der Waals surface area contributed by atoms with Crippen molar-refractivity contribution in [3.05, 3.63) is 269 Å². The summed E-state index contributed by atoms with van der Waals surface area (Å²) in [5.74, 6) is 0.733. The van der Waals surface area contributed by atoms with E-state index in [0.717, 1.165) is 109 Å². The number of amides is 3. The predicted octanol–water partition coefficient (Wildman–Crippen LogP) is 13.5. The van der Waals surface area contributed by atoms with Crippen molar-refractivity contribution in [3.63, 3.8) is 0 Å². The average molecular weight is 1630 g/mol. The van der Waals surface area contributed by atoms with Crippen molar-refractivity contribution in [2.75, 3.05) is 65.2 Å². The third kappa shape index (κ3) is 22.2. The third-order valence-electron chi connectivity index (χ3n) is 20.0. The lowest BCUT2D eigenvalue weighted by atomic mass is 9.79. The molecule has 3 amide bonds.